The zero-order valence-corrected chi connectivity index (χ0v) is 10.9. The first-order valence-electron chi connectivity index (χ1n) is 5.68. The Bertz CT molecular complexity index is 379. The molecule has 0 aliphatic carbocycles. The van der Waals surface area contributed by atoms with Crippen LogP contribution < -0.4 is 5.32 Å². The smallest absolute Gasteiger partial charge is 0.224 e. The van der Waals surface area contributed by atoms with Gasteiger partial charge in [-0.15, -0.1) is 0 Å². The van der Waals surface area contributed by atoms with Crippen molar-refractivity contribution in [3.63, 3.8) is 0 Å². The molecule has 2 N–H and O–H groups in total. The Kier molecular flexibility index (Phi) is 5.45. The predicted octanol–water partition coefficient (Wildman–Crippen LogP) is 2.02. The largest absolute Gasteiger partial charge is 0.394 e. The van der Waals surface area contributed by atoms with Gasteiger partial charge in [-0.2, -0.15) is 0 Å². The number of carbonyl (C=O) groups excluding carboxylic acids is 1. The topological polar surface area (TPSA) is 49.3 Å². The number of carbonyl (C=O) groups is 1. The van der Waals surface area contributed by atoms with Crippen LogP contribution in [0, 0.1) is 5.92 Å². The summed E-state index contributed by atoms with van der Waals surface area (Å²) in [5.41, 5.74) is 0.798. The Balaban J connectivity index is 2.58. The van der Waals surface area contributed by atoms with Gasteiger partial charge >= 0.3 is 0 Å². The van der Waals surface area contributed by atoms with Crippen molar-refractivity contribution in [2.24, 2.45) is 5.92 Å². The molecule has 1 amide bonds. The lowest BCUT2D eigenvalue weighted by molar-refractivity contribution is -0.121. The average Bonchev–Trinajstić information content (AvgIpc) is 2.28. The van der Waals surface area contributed by atoms with Gasteiger partial charge in [0.05, 0.1) is 19.1 Å². The maximum absolute atomic E-state index is 11.8. The van der Waals surface area contributed by atoms with Crippen LogP contribution in [-0.2, 0) is 11.2 Å². The Morgan fingerprint density at radius 1 is 1.41 bits per heavy atom. The maximum atomic E-state index is 11.8. The minimum Gasteiger partial charge on any atom is -0.394 e. The second kappa shape index (κ2) is 6.62. The monoisotopic (exact) mass is 255 g/mol. The van der Waals surface area contributed by atoms with Crippen molar-refractivity contribution in [3.8, 4) is 0 Å². The number of aliphatic hydroxyl groups excluding tert-OH is 1. The summed E-state index contributed by atoms with van der Waals surface area (Å²) in [5.74, 6) is 0.0843. The Morgan fingerprint density at radius 3 is 2.59 bits per heavy atom. The molecular formula is C13H18ClNO2. The lowest BCUT2D eigenvalue weighted by atomic mass is 10.0. The van der Waals surface area contributed by atoms with E-state index < -0.39 is 0 Å². The van der Waals surface area contributed by atoms with E-state index in [2.05, 4.69) is 5.32 Å². The second-order valence-electron chi connectivity index (χ2n) is 4.37. The van der Waals surface area contributed by atoms with Crippen molar-refractivity contribution in [3.05, 3.63) is 34.9 Å². The number of nitrogens with one attached hydrogen (secondary N) is 1. The van der Waals surface area contributed by atoms with Gasteiger partial charge in [-0.3, -0.25) is 4.79 Å². The molecule has 17 heavy (non-hydrogen) atoms. The molecule has 0 saturated heterocycles. The first-order valence-corrected chi connectivity index (χ1v) is 6.06. The number of aliphatic hydroxyl groups is 1. The third-order valence-electron chi connectivity index (χ3n) is 2.66. The van der Waals surface area contributed by atoms with E-state index in [1.165, 1.54) is 0 Å². The van der Waals surface area contributed by atoms with E-state index >= 15 is 0 Å². The normalized spacial score (nSPS) is 12.5. The van der Waals surface area contributed by atoms with Crippen molar-refractivity contribution < 1.29 is 9.90 Å². The molecule has 0 aliphatic rings. The number of hydrogen-bond acceptors (Lipinski definition) is 2. The van der Waals surface area contributed by atoms with E-state index in [1.54, 1.807) is 6.07 Å². The summed E-state index contributed by atoms with van der Waals surface area (Å²) in [6.45, 7) is 3.86. The lowest BCUT2D eigenvalue weighted by Crippen LogP contribution is -2.41. The minimum absolute atomic E-state index is 0.0497. The van der Waals surface area contributed by atoms with Crippen LogP contribution in [0.5, 0.6) is 0 Å². The summed E-state index contributed by atoms with van der Waals surface area (Å²) in [5, 5.41) is 12.5. The van der Waals surface area contributed by atoms with Crippen molar-refractivity contribution in [1.82, 2.24) is 5.32 Å². The second-order valence-corrected chi connectivity index (χ2v) is 4.78. The predicted molar refractivity (Wildman–Crippen MR) is 69.0 cm³/mol. The Labute approximate surface area is 107 Å². The number of amides is 1. The van der Waals surface area contributed by atoms with E-state index in [9.17, 15) is 4.79 Å². The molecule has 0 aliphatic heterocycles. The van der Waals surface area contributed by atoms with Crippen LogP contribution in [0.2, 0.25) is 5.02 Å². The number of hydrogen-bond donors (Lipinski definition) is 2. The van der Waals surface area contributed by atoms with Crippen LogP contribution in [0.3, 0.4) is 0 Å². The molecule has 1 atom stereocenters. The van der Waals surface area contributed by atoms with Crippen molar-refractivity contribution in [2.45, 2.75) is 26.3 Å². The molecule has 0 unspecified atom stereocenters. The minimum atomic E-state index is -0.204. The van der Waals surface area contributed by atoms with E-state index in [4.69, 9.17) is 16.7 Å². The quantitative estimate of drug-likeness (QED) is 0.846. The van der Waals surface area contributed by atoms with Crippen molar-refractivity contribution >= 4 is 17.5 Å². The molecule has 3 nitrogen and oxygen atoms in total. The zero-order valence-electron chi connectivity index (χ0n) is 10.1. The molecular weight excluding hydrogens is 238 g/mol. The lowest BCUT2D eigenvalue weighted by Gasteiger charge is -2.20. The van der Waals surface area contributed by atoms with Gasteiger partial charge in [-0.1, -0.05) is 43.6 Å². The van der Waals surface area contributed by atoms with Gasteiger partial charge in [-0.25, -0.2) is 0 Å². The van der Waals surface area contributed by atoms with Crippen molar-refractivity contribution in [1.29, 1.82) is 0 Å². The van der Waals surface area contributed by atoms with E-state index in [0.29, 0.717) is 5.02 Å². The molecule has 1 rings (SSSR count). The molecule has 0 radical (unpaired) electrons. The highest BCUT2D eigenvalue weighted by atomic mass is 35.5. The van der Waals surface area contributed by atoms with Gasteiger partial charge in [0.1, 0.15) is 0 Å². The van der Waals surface area contributed by atoms with Gasteiger partial charge in [0.2, 0.25) is 5.91 Å². The number of benzene rings is 1. The molecule has 0 spiro atoms. The van der Waals surface area contributed by atoms with Gasteiger partial charge in [0.15, 0.2) is 0 Å². The summed E-state index contributed by atoms with van der Waals surface area (Å²) < 4.78 is 0. The zero-order chi connectivity index (χ0) is 12.8. The summed E-state index contributed by atoms with van der Waals surface area (Å²) >= 11 is 5.97. The summed E-state index contributed by atoms with van der Waals surface area (Å²) in [6, 6.07) is 7.06. The molecule has 0 heterocycles. The highest BCUT2D eigenvalue weighted by Crippen LogP contribution is 2.15. The van der Waals surface area contributed by atoms with E-state index in [-0.39, 0.29) is 30.9 Å². The summed E-state index contributed by atoms with van der Waals surface area (Å²) in [6.07, 6.45) is 0.239. The molecule has 0 fully saturated rings. The fourth-order valence-electron chi connectivity index (χ4n) is 1.50. The molecule has 94 valence electrons. The highest BCUT2D eigenvalue weighted by molar-refractivity contribution is 6.31. The van der Waals surface area contributed by atoms with Crippen LogP contribution in [0.15, 0.2) is 24.3 Å². The first-order chi connectivity index (χ1) is 8.04. The van der Waals surface area contributed by atoms with Crippen LogP contribution >= 0.6 is 11.6 Å². The summed E-state index contributed by atoms with van der Waals surface area (Å²) in [4.78, 5) is 11.8. The molecule has 1 aromatic carbocycles. The number of halogens is 1. The Morgan fingerprint density at radius 2 is 2.06 bits per heavy atom. The molecule has 0 aromatic heterocycles. The van der Waals surface area contributed by atoms with E-state index in [1.807, 2.05) is 32.0 Å². The average molecular weight is 256 g/mol. The number of rotatable bonds is 5. The van der Waals surface area contributed by atoms with Crippen molar-refractivity contribution in [2.75, 3.05) is 6.61 Å². The molecule has 4 heteroatoms. The van der Waals surface area contributed by atoms with Crippen LogP contribution in [0.4, 0.5) is 0 Å². The van der Waals surface area contributed by atoms with Gasteiger partial charge in [-0.05, 0) is 17.5 Å². The van der Waals surface area contributed by atoms with Crippen LogP contribution in [0.25, 0.3) is 0 Å². The van der Waals surface area contributed by atoms with Gasteiger partial charge < -0.3 is 10.4 Å². The van der Waals surface area contributed by atoms with Crippen LogP contribution in [0.1, 0.15) is 19.4 Å². The SMILES string of the molecule is CC(C)[C@@H](CO)NC(=O)Cc1ccccc1Cl. The van der Waals surface area contributed by atoms with Gasteiger partial charge in [0.25, 0.3) is 0 Å². The summed E-state index contributed by atoms with van der Waals surface area (Å²) in [7, 11) is 0. The standard InChI is InChI=1S/C13H18ClNO2/c1-9(2)12(8-16)15-13(17)7-10-5-3-4-6-11(10)14/h3-6,9,12,16H,7-8H2,1-2H3,(H,15,17)/t12-/m1/s1. The fourth-order valence-corrected chi connectivity index (χ4v) is 1.70. The fraction of sp³-hybridized carbons (Fsp3) is 0.462. The highest BCUT2D eigenvalue weighted by Gasteiger charge is 2.15. The Hall–Kier alpha value is -1.06. The molecule has 0 saturated carbocycles. The third-order valence-corrected chi connectivity index (χ3v) is 3.03. The molecule has 0 bridgehead atoms. The maximum Gasteiger partial charge on any atom is 0.224 e. The van der Waals surface area contributed by atoms with Gasteiger partial charge in [0, 0.05) is 5.02 Å². The molecule has 1 aromatic rings. The third kappa shape index (κ3) is 4.36. The van der Waals surface area contributed by atoms with E-state index in [0.717, 1.165) is 5.56 Å². The first kappa shape index (κ1) is 14.0. The van der Waals surface area contributed by atoms with Crippen LogP contribution in [-0.4, -0.2) is 23.7 Å².